The number of hydrogen-bond donors (Lipinski definition) is 4. The molecule has 5 aromatic rings. The molecule has 19 heteroatoms. The van der Waals surface area contributed by atoms with Crippen LogP contribution in [0, 0.1) is 12.7 Å². The van der Waals surface area contributed by atoms with Gasteiger partial charge in [0.05, 0.1) is 29.5 Å². The summed E-state index contributed by atoms with van der Waals surface area (Å²) in [5.41, 5.74) is 4.79. The van der Waals surface area contributed by atoms with E-state index < -0.39 is 35.7 Å². The number of benzene rings is 3. The van der Waals surface area contributed by atoms with Crippen molar-refractivity contribution in [2.75, 3.05) is 88.2 Å². The molecule has 3 aromatic carbocycles. The lowest BCUT2D eigenvalue weighted by Gasteiger charge is -2.34. The summed E-state index contributed by atoms with van der Waals surface area (Å²) < 4.78 is 21.3. The smallest absolute Gasteiger partial charge is 0.320 e. The lowest BCUT2D eigenvalue weighted by Crippen LogP contribution is -2.54. The molecule has 4 N–H and O–H groups in total. The van der Waals surface area contributed by atoms with E-state index in [9.17, 15) is 28.4 Å². The highest BCUT2D eigenvalue weighted by molar-refractivity contribution is 6.23. The third-order valence-corrected chi connectivity index (χ3v) is 12.7. The van der Waals surface area contributed by atoms with Crippen molar-refractivity contribution in [1.82, 2.24) is 45.1 Å². The number of nitrogens with one attached hydrogen (secondary N) is 4. The van der Waals surface area contributed by atoms with Gasteiger partial charge in [-0.15, -0.1) is 0 Å². The third-order valence-electron chi connectivity index (χ3n) is 12.7. The Kier molecular flexibility index (Phi) is 12.8. The average molecular weight is 899 g/mol. The maximum Gasteiger partial charge on any atom is 0.320 e. The maximum absolute atomic E-state index is 14.3. The molecule has 342 valence electrons. The van der Waals surface area contributed by atoms with Crippen LogP contribution >= 0.6 is 0 Å². The molecule has 18 nitrogen and oxygen atoms in total. The number of piperazine rings is 1. The molecular weight excluding hydrogens is 848 g/mol. The Labute approximate surface area is 380 Å². The third kappa shape index (κ3) is 9.22. The molecular formula is C47H51FN12O6. The number of urea groups is 1. The van der Waals surface area contributed by atoms with Crippen LogP contribution in [0.15, 0.2) is 85.2 Å². The minimum atomic E-state index is -1.01. The summed E-state index contributed by atoms with van der Waals surface area (Å²) in [7, 11) is 1.66. The first kappa shape index (κ1) is 44.1. The molecule has 0 aliphatic carbocycles. The number of carbonyl (C=O) groups excluding carboxylic acids is 5. The fraction of sp³-hybridized carbons (Fsp3) is 0.362. The maximum atomic E-state index is 14.3. The predicted octanol–water partition coefficient (Wildman–Crippen LogP) is 3.65. The molecule has 4 aliphatic heterocycles. The van der Waals surface area contributed by atoms with E-state index in [0.29, 0.717) is 74.6 Å². The number of likely N-dealkylation sites (tertiary alicyclic amines) is 1. The van der Waals surface area contributed by atoms with Crippen LogP contribution in [-0.4, -0.2) is 149 Å². The quantitative estimate of drug-likeness (QED) is 0.118. The van der Waals surface area contributed by atoms with Gasteiger partial charge >= 0.3 is 6.03 Å². The van der Waals surface area contributed by atoms with Crippen molar-refractivity contribution < 1.29 is 33.1 Å². The Balaban J connectivity index is 0.811. The molecule has 0 saturated carbocycles. The number of halogens is 1. The summed E-state index contributed by atoms with van der Waals surface area (Å²) in [6, 6.07) is 19.4. The number of piperidine rings is 1. The number of carbonyl (C=O) groups is 5. The first-order valence-corrected chi connectivity index (χ1v) is 22.1. The number of hydrogen-bond acceptors (Lipinski definition) is 13. The van der Waals surface area contributed by atoms with Gasteiger partial charge in [0.2, 0.25) is 17.8 Å². The largest absolute Gasteiger partial charge is 0.384 e. The van der Waals surface area contributed by atoms with E-state index in [1.807, 2.05) is 43.3 Å². The van der Waals surface area contributed by atoms with E-state index in [-0.39, 0.29) is 41.7 Å². The summed E-state index contributed by atoms with van der Waals surface area (Å²) >= 11 is 0. The van der Waals surface area contributed by atoms with Crippen LogP contribution in [0.2, 0.25) is 0 Å². The van der Waals surface area contributed by atoms with E-state index in [1.165, 1.54) is 12.1 Å². The Hall–Kier alpha value is -7.09. The first-order chi connectivity index (χ1) is 32.0. The van der Waals surface area contributed by atoms with Crippen LogP contribution in [-0.2, 0) is 14.3 Å². The van der Waals surface area contributed by atoms with E-state index in [2.05, 4.69) is 36.0 Å². The molecule has 0 radical (unpaired) electrons. The van der Waals surface area contributed by atoms with Gasteiger partial charge in [-0.1, -0.05) is 30.3 Å². The number of amides is 6. The molecule has 9 rings (SSSR count). The van der Waals surface area contributed by atoms with E-state index >= 15 is 0 Å². The van der Waals surface area contributed by atoms with Gasteiger partial charge in [-0.05, 0) is 61.4 Å². The van der Waals surface area contributed by atoms with Gasteiger partial charge in [0.15, 0.2) is 0 Å². The van der Waals surface area contributed by atoms with Crippen molar-refractivity contribution in [2.24, 2.45) is 0 Å². The zero-order valence-electron chi connectivity index (χ0n) is 36.7. The molecule has 66 heavy (non-hydrogen) atoms. The number of rotatable bonds is 14. The number of nitrogens with zero attached hydrogens (tertiary/aromatic N) is 8. The molecule has 3 saturated heterocycles. The fourth-order valence-electron chi connectivity index (χ4n) is 9.21. The minimum Gasteiger partial charge on any atom is -0.384 e. The van der Waals surface area contributed by atoms with E-state index in [0.717, 1.165) is 41.3 Å². The summed E-state index contributed by atoms with van der Waals surface area (Å²) in [6.07, 6.45) is 3.68. The molecule has 0 spiro atoms. The predicted molar refractivity (Wildman–Crippen MR) is 243 cm³/mol. The Morgan fingerprint density at radius 3 is 2.39 bits per heavy atom. The molecule has 4 aliphatic rings. The molecule has 2 aromatic heterocycles. The zero-order chi connectivity index (χ0) is 45.9. The van der Waals surface area contributed by atoms with Crippen LogP contribution in [0.25, 0.3) is 16.9 Å². The fourth-order valence-corrected chi connectivity index (χ4v) is 9.21. The Bertz CT molecular complexity index is 2640. The van der Waals surface area contributed by atoms with Gasteiger partial charge in [-0.2, -0.15) is 5.10 Å². The van der Waals surface area contributed by atoms with Gasteiger partial charge in [-0.25, -0.2) is 23.8 Å². The van der Waals surface area contributed by atoms with Crippen LogP contribution in [0.3, 0.4) is 0 Å². The summed E-state index contributed by atoms with van der Waals surface area (Å²) in [4.78, 5) is 81.3. The SMILES string of the molecule is COCCN1C[C@@H](NC(=O)Nc2c(C)c(-c3cnc(N4CCN(CCNc5ccc6c(c5)C(=O)N(C5CCC(=O)NC5=O)C6=O)CC4)nc3)nn2-c2ccccc2)[C@H](c2cccc(F)c2)C1. The van der Waals surface area contributed by atoms with Crippen molar-refractivity contribution in [3.8, 4) is 16.9 Å². The van der Waals surface area contributed by atoms with Gasteiger partial charge < -0.3 is 20.3 Å². The van der Waals surface area contributed by atoms with Gasteiger partial charge in [0, 0.05) is 108 Å². The van der Waals surface area contributed by atoms with Crippen LogP contribution in [0.1, 0.15) is 50.6 Å². The first-order valence-electron chi connectivity index (χ1n) is 22.1. The molecule has 6 heterocycles. The monoisotopic (exact) mass is 898 g/mol. The highest BCUT2D eigenvalue weighted by Gasteiger charge is 2.44. The molecule has 3 atom stereocenters. The number of imide groups is 2. The second-order valence-electron chi connectivity index (χ2n) is 16.9. The van der Waals surface area contributed by atoms with Crippen LogP contribution in [0.4, 0.5) is 26.6 Å². The van der Waals surface area contributed by atoms with Gasteiger partial charge in [-0.3, -0.25) is 44.5 Å². The van der Waals surface area contributed by atoms with Crippen molar-refractivity contribution in [1.29, 1.82) is 0 Å². The summed E-state index contributed by atoms with van der Waals surface area (Å²) in [5, 5.41) is 16.8. The summed E-state index contributed by atoms with van der Waals surface area (Å²) in [5.74, 6) is -1.47. The lowest BCUT2D eigenvalue weighted by molar-refractivity contribution is -0.136. The second kappa shape index (κ2) is 19.2. The number of anilines is 3. The topological polar surface area (TPSA) is 199 Å². The number of fused-ring (bicyclic) bond motifs is 1. The molecule has 1 unspecified atom stereocenters. The molecule has 3 fully saturated rings. The molecule has 6 amide bonds. The van der Waals surface area contributed by atoms with Crippen molar-refractivity contribution >= 4 is 47.1 Å². The van der Waals surface area contributed by atoms with Crippen molar-refractivity contribution in [2.45, 2.75) is 37.8 Å². The highest BCUT2D eigenvalue weighted by Crippen LogP contribution is 2.33. The Morgan fingerprint density at radius 1 is 0.879 bits per heavy atom. The standard InChI is InChI=1S/C47H51FN12O6/c1-29-41(55-60(34-9-4-3-5-10-34)42(29)54-47(65)52-38-28-57(21-22-66-2)27-37(38)30-7-6-8-32(48)23-30)31-25-50-46(51-26-31)58-19-17-56(18-20-58)16-15-49-33-11-12-35-36(24-33)45(64)59(44(35)63)39-13-14-40(61)53-43(39)62/h3-12,23-26,37-39,49H,13-22,27-28H2,1-2H3,(H2,52,54,65)(H,53,61,62)/t37-,38+,39?/m0/s1. The minimum absolute atomic E-state index is 0.0656. The zero-order valence-corrected chi connectivity index (χ0v) is 36.7. The summed E-state index contributed by atoms with van der Waals surface area (Å²) in [6.45, 7) is 8.67. The Morgan fingerprint density at radius 2 is 1.65 bits per heavy atom. The van der Waals surface area contributed by atoms with Crippen molar-refractivity contribution in [3.63, 3.8) is 0 Å². The van der Waals surface area contributed by atoms with Crippen LogP contribution in [0.5, 0.6) is 0 Å². The average Bonchev–Trinajstić information content (AvgIpc) is 3.96. The lowest BCUT2D eigenvalue weighted by atomic mass is 9.94. The second-order valence-corrected chi connectivity index (χ2v) is 16.9. The van der Waals surface area contributed by atoms with E-state index in [1.54, 1.807) is 48.5 Å². The van der Waals surface area contributed by atoms with Crippen molar-refractivity contribution in [3.05, 3.63) is 113 Å². The number of aromatic nitrogens is 4. The molecule has 0 bridgehead atoms. The normalized spacial score (nSPS) is 20.1. The van der Waals surface area contributed by atoms with Crippen LogP contribution < -0.4 is 26.2 Å². The van der Waals surface area contributed by atoms with Gasteiger partial charge in [0.1, 0.15) is 23.4 Å². The number of ether oxygens (including phenoxy) is 1. The number of para-hydroxylation sites is 1. The highest BCUT2D eigenvalue weighted by atomic mass is 19.1. The van der Waals surface area contributed by atoms with Gasteiger partial charge in [0.25, 0.3) is 11.8 Å². The van der Waals surface area contributed by atoms with E-state index in [4.69, 9.17) is 19.8 Å². The number of methoxy groups -OCH3 is 1.